The first-order valence-electron chi connectivity index (χ1n) is 12.4. The Morgan fingerprint density at radius 1 is 1.00 bits per heavy atom. The second kappa shape index (κ2) is 15.6. The summed E-state index contributed by atoms with van der Waals surface area (Å²) in [6.07, 6.45) is 1.28. The van der Waals surface area contributed by atoms with Gasteiger partial charge in [-0.2, -0.15) is 13.2 Å². The van der Waals surface area contributed by atoms with Crippen LogP contribution >= 0.6 is 11.8 Å². The third-order valence-electron chi connectivity index (χ3n) is 6.06. The number of carbonyl (C=O) groups excluding carboxylic acids is 2. The van der Waals surface area contributed by atoms with Gasteiger partial charge >= 0.3 is 24.1 Å². The minimum Gasteiger partial charge on any atom is -0.481 e. The van der Waals surface area contributed by atoms with Crippen molar-refractivity contribution in [3.63, 3.8) is 0 Å². The van der Waals surface area contributed by atoms with E-state index in [1.807, 2.05) is 24.3 Å². The van der Waals surface area contributed by atoms with Crippen LogP contribution in [0, 0.1) is 11.8 Å². The van der Waals surface area contributed by atoms with Crippen LogP contribution in [0.2, 0.25) is 0 Å². The van der Waals surface area contributed by atoms with E-state index in [4.69, 9.17) is 26.5 Å². The molecule has 0 bridgehead atoms. The summed E-state index contributed by atoms with van der Waals surface area (Å²) in [6.45, 7) is 0.322. The first kappa shape index (κ1) is 34.6. The highest BCUT2D eigenvalue weighted by molar-refractivity contribution is 8.04. The number of primary amides is 1. The number of alkyl halides is 3. The van der Waals surface area contributed by atoms with E-state index in [9.17, 15) is 37.5 Å². The van der Waals surface area contributed by atoms with Gasteiger partial charge in [0.1, 0.15) is 5.25 Å². The van der Waals surface area contributed by atoms with Gasteiger partial charge in [0.25, 0.3) is 5.91 Å². The van der Waals surface area contributed by atoms with Crippen LogP contribution in [0.15, 0.2) is 77.7 Å². The van der Waals surface area contributed by atoms with Gasteiger partial charge in [0.05, 0.1) is 5.92 Å². The fraction of sp³-hybridized carbons (Fsp3) is 0.250. The van der Waals surface area contributed by atoms with E-state index in [2.05, 4.69) is 5.32 Å². The number of carboxylic acids is 3. The van der Waals surface area contributed by atoms with Crippen LogP contribution in [0.3, 0.4) is 0 Å². The van der Waals surface area contributed by atoms with Crippen molar-refractivity contribution in [1.29, 1.82) is 0 Å². The molecule has 2 aliphatic rings. The van der Waals surface area contributed by atoms with Crippen LogP contribution in [-0.2, 0) is 25.7 Å². The monoisotopic (exact) mass is 623 g/mol. The zero-order valence-electron chi connectivity index (χ0n) is 22.2. The van der Waals surface area contributed by atoms with Crippen LogP contribution in [-0.4, -0.2) is 56.5 Å². The zero-order chi connectivity index (χ0) is 32.3. The highest BCUT2D eigenvalue weighted by Gasteiger charge is 2.47. The number of nitrogens with two attached hydrogens (primary N) is 2. The van der Waals surface area contributed by atoms with Gasteiger partial charge in [-0.3, -0.25) is 14.4 Å². The lowest BCUT2D eigenvalue weighted by atomic mass is 9.85. The summed E-state index contributed by atoms with van der Waals surface area (Å²) >= 11 is 1.29. The Hall–Kier alpha value is -4.63. The topological polar surface area (TPSA) is 210 Å². The number of thioether (sulfide) groups is 1. The average molecular weight is 624 g/mol. The highest BCUT2D eigenvalue weighted by atomic mass is 32.2. The van der Waals surface area contributed by atoms with Gasteiger partial charge in [0, 0.05) is 18.0 Å². The molecule has 1 heterocycles. The molecule has 11 nitrogen and oxygen atoms in total. The molecule has 2 amide bonds. The summed E-state index contributed by atoms with van der Waals surface area (Å²) in [5.74, 6) is -6.53. The number of aliphatic carboxylic acids is 3. The van der Waals surface area contributed by atoms with Gasteiger partial charge in [0.15, 0.2) is 6.04 Å². The summed E-state index contributed by atoms with van der Waals surface area (Å²) in [7, 11) is 0. The lowest BCUT2D eigenvalue weighted by Gasteiger charge is -2.17. The number of amides is 2. The molecule has 8 N–H and O–H groups in total. The number of rotatable bonds is 7. The Morgan fingerprint density at radius 2 is 1.63 bits per heavy atom. The lowest BCUT2D eigenvalue weighted by Crippen LogP contribution is -2.36. The molecule has 0 aromatic heterocycles. The van der Waals surface area contributed by atoms with Gasteiger partial charge in [-0.05, 0) is 34.6 Å². The second-order valence-corrected chi connectivity index (χ2v) is 10.2. The minimum absolute atomic E-state index is 0.0741. The number of fused-ring (bicyclic) bond motifs is 1. The number of halogens is 3. The van der Waals surface area contributed by atoms with Gasteiger partial charge in [-0.25, -0.2) is 9.59 Å². The number of hydrogen-bond donors (Lipinski definition) is 6. The van der Waals surface area contributed by atoms with E-state index in [1.165, 1.54) is 11.8 Å². The summed E-state index contributed by atoms with van der Waals surface area (Å²) in [6, 6.07) is 14.3. The third-order valence-corrected chi connectivity index (χ3v) is 7.55. The maximum atomic E-state index is 12.2. The number of allylic oxidation sites excluding steroid dienone is 4. The Bertz CT molecular complexity index is 1400. The van der Waals surface area contributed by atoms with Gasteiger partial charge in [-0.15, -0.1) is 11.8 Å². The molecular weight excluding hydrogens is 595 g/mol. The summed E-state index contributed by atoms with van der Waals surface area (Å²) in [5, 5.41) is 27.4. The quantitative estimate of drug-likeness (QED) is 0.265. The van der Waals surface area contributed by atoms with E-state index in [0.717, 1.165) is 10.5 Å². The summed E-state index contributed by atoms with van der Waals surface area (Å²) in [4.78, 5) is 55.7. The molecule has 15 heteroatoms. The molecule has 43 heavy (non-hydrogen) atoms. The van der Waals surface area contributed by atoms with Crippen molar-refractivity contribution >= 4 is 41.5 Å². The molecule has 1 aliphatic heterocycles. The van der Waals surface area contributed by atoms with Gasteiger partial charge in [0.2, 0.25) is 5.91 Å². The number of benzene rings is 2. The smallest absolute Gasteiger partial charge is 0.481 e. The molecule has 2 aromatic carbocycles. The first-order chi connectivity index (χ1) is 20.2. The molecule has 2 aromatic rings. The minimum atomic E-state index is -5.08. The second-order valence-electron chi connectivity index (χ2n) is 9.01. The van der Waals surface area contributed by atoms with E-state index in [-0.39, 0.29) is 5.92 Å². The van der Waals surface area contributed by atoms with Crippen molar-refractivity contribution in [2.24, 2.45) is 23.3 Å². The molecule has 1 aliphatic carbocycles. The van der Waals surface area contributed by atoms with Gasteiger partial charge < -0.3 is 32.1 Å². The van der Waals surface area contributed by atoms with Crippen molar-refractivity contribution in [2.45, 2.75) is 30.4 Å². The molecular formula is C28H28F3N3O8S. The molecule has 1 saturated heterocycles. The lowest BCUT2D eigenvalue weighted by molar-refractivity contribution is -0.192. The molecule has 3 unspecified atom stereocenters. The highest BCUT2D eigenvalue weighted by Crippen LogP contribution is 2.49. The van der Waals surface area contributed by atoms with Crippen LogP contribution in [0.25, 0.3) is 0 Å². The maximum absolute atomic E-state index is 12.2. The standard InChI is InChI=1S/C16H16N2O3.C10H11NO3S.C2HF3O2/c17-10-11-5-4-8-13(9-11)15(19)18-14(16(20)21)12-6-2-1-3-7-12;11-9(12)8-7(10(13)14)5-3-1-2-4-6(5)15-8;3-2(4,5)1(6)7/h1-9,14H,10,17H2,(H,18,19)(H,20,21);1-2,4-5,7-8H,3H2,(H2,11,12)(H,13,14);(H,6,7)/t14-;;/m1../s1. The third kappa shape index (κ3) is 10.0. The molecule has 4 rings (SSSR count). The average Bonchev–Trinajstić information content (AvgIpc) is 3.37. The fourth-order valence-corrected chi connectivity index (χ4v) is 5.47. The predicted molar refractivity (Wildman–Crippen MR) is 149 cm³/mol. The fourth-order valence-electron chi connectivity index (χ4n) is 4.03. The van der Waals surface area contributed by atoms with Crippen molar-refractivity contribution in [1.82, 2.24) is 5.32 Å². The van der Waals surface area contributed by atoms with E-state index < -0.39 is 53.1 Å². The Balaban J connectivity index is 0.000000255. The zero-order valence-corrected chi connectivity index (χ0v) is 23.0. The number of carbonyl (C=O) groups is 5. The van der Waals surface area contributed by atoms with Crippen molar-refractivity contribution < 1.29 is 52.5 Å². The molecule has 230 valence electrons. The largest absolute Gasteiger partial charge is 0.490 e. The first-order valence-corrected chi connectivity index (χ1v) is 13.3. The van der Waals surface area contributed by atoms with Crippen LogP contribution in [0.1, 0.15) is 33.9 Å². The van der Waals surface area contributed by atoms with Crippen molar-refractivity contribution in [2.75, 3.05) is 0 Å². The number of nitrogens with one attached hydrogen (secondary N) is 1. The van der Waals surface area contributed by atoms with Gasteiger partial charge in [-0.1, -0.05) is 60.7 Å². The molecule has 1 fully saturated rings. The maximum Gasteiger partial charge on any atom is 0.490 e. The Labute approximate surface area is 247 Å². The van der Waals surface area contributed by atoms with Crippen LogP contribution < -0.4 is 16.8 Å². The van der Waals surface area contributed by atoms with Crippen LogP contribution in [0.5, 0.6) is 0 Å². The SMILES string of the molecule is NC(=O)C1SC2=CC=CCC2C1C(=O)O.NCc1cccc(C(=O)N[C@@H](C(=O)O)c2ccccc2)c1.O=C(O)C(F)(F)F. The number of hydrogen-bond acceptors (Lipinski definition) is 7. The molecule has 0 spiro atoms. The number of carboxylic acid groups (broad SMARTS) is 3. The molecule has 4 atom stereocenters. The molecule has 0 radical (unpaired) electrons. The van der Waals surface area contributed by atoms with Crippen molar-refractivity contribution in [3.8, 4) is 0 Å². The summed E-state index contributed by atoms with van der Waals surface area (Å²) < 4.78 is 31.7. The van der Waals surface area contributed by atoms with E-state index in [0.29, 0.717) is 24.1 Å². The van der Waals surface area contributed by atoms with Crippen molar-refractivity contribution in [3.05, 3.63) is 94.4 Å². The Kier molecular flexibility index (Phi) is 12.5. The molecule has 0 saturated carbocycles. The normalized spacial score (nSPS) is 19.2. The predicted octanol–water partition coefficient (Wildman–Crippen LogP) is 3.08. The van der Waals surface area contributed by atoms with E-state index in [1.54, 1.807) is 48.5 Å². The van der Waals surface area contributed by atoms with E-state index >= 15 is 0 Å². The Morgan fingerprint density at radius 3 is 2.14 bits per heavy atom. The van der Waals surface area contributed by atoms with Crippen LogP contribution in [0.4, 0.5) is 13.2 Å². The summed E-state index contributed by atoms with van der Waals surface area (Å²) in [5.41, 5.74) is 12.5.